The van der Waals surface area contributed by atoms with Gasteiger partial charge < -0.3 is 10.5 Å². The number of carbonyl (C=O) groups excluding carboxylic acids is 1. The monoisotopic (exact) mass is 302 g/mol. The van der Waals surface area contributed by atoms with Gasteiger partial charge in [0.2, 0.25) is 0 Å². The number of nitrogens with zero attached hydrogens (tertiary/aromatic N) is 1. The second kappa shape index (κ2) is 5.13. The molecule has 0 bridgehead atoms. The summed E-state index contributed by atoms with van der Waals surface area (Å²) in [4.78, 5) is 15.7. The van der Waals surface area contributed by atoms with Crippen LogP contribution in [0, 0.1) is 0 Å². The number of fused-ring (bicyclic) bond motifs is 1. The molecule has 2 atom stereocenters. The Balaban J connectivity index is 0.00000132. The van der Waals surface area contributed by atoms with Gasteiger partial charge in [0.1, 0.15) is 5.75 Å². The van der Waals surface area contributed by atoms with E-state index < -0.39 is 0 Å². The van der Waals surface area contributed by atoms with Crippen LogP contribution in [0.3, 0.4) is 0 Å². The van der Waals surface area contributed by atoms with Crippen molar-refractivity contribution in [2.75, 3.05) is 0 Å². The largest absolute Gasteiger partial charge is 0.426 e. The third kappa shape index (κ3) is 2.52. The molecule has 1 aliphatic carbocycles. The molecule has 5 heteroatoms. The molecule has 2 aliphatic rings. The number of ether oxygens (including phenoxy) is 1. The molecule has 108 valence electrons. The van der Waals surface area contributed by atoms with Crippen LogP contribution in [0.4, 0.5) is 0 Å². The summed E-state index contributed by atoms with van der Waals surface area (Å²) in [5.41, 5.74) is 9.84. The zero-order valence-corrected chi connectivity index (χ0v) is 12.1. The average Bonchev–Trinajstić information content (AvgIpc) is 3.06. The minimum absolute atomic E-state index is 0. The molecular weight excluding hydrogens is 288 g/mol. The first-order valence-corrected chi connectivity index (χ1v) is 6.76. The Labute approximate surface area is 128 Å². The molecule has 1 aliphatic heterocycles. The van der Waals surface area contributed by atoms with Crippen molar-refractivity contribution < 1.29 is 9.53 Å². The van der Waals surface area contributed by atoms with E-state index in [1.807, 2.05) is 30.5 Å². The lowest BCUT2D eigenvalue weighted by atomic mass is 10.1. The van der Waals surface area contributed by atoms with Gasteiger partial charge in [-0.1, -0.05) is 18.2 Å². The van der Waals surface area contributed by atoms with E-state index in [0.29, 0.717) is 24.1 Å². The van der Waals surface area contributed by atoms with Gasteiger partial charge in [0.15, 0.2) is 0 Å². The third-order valence-corrected chi connectivity index (χ3v) is 3.98. The van der Waals surface area contributed by atoms with Crippen LogP contribution in [0.5, 0.6) is 5.75 Å². The molecule has 1 fully saturated rings. The van der Waals surface area contributed by atoms with Crippen molar-refractivity contribution in [3.8, 4) is 17.0 Å². The molecule has 1 saturated carbocycles. The SMILES string of the molecule is Cl.NC1CC1c1ccc(-c2ccc3c(c2)OC(=O)C3)nc1. The highest BCUT2D eigenvalue weighted by Crippen LogP contribution is 2.39. The van der Waals surface area contributed by atoms with Crippen LogP contribution in [0.1, 0.15) is 23.5 Å². The number of aromatic nitrogens is 1. The van der Waals surface area contributed by atoms with Gasteiger partial charge in [-0.15, -0.1) is 12.4 Å². The quantitative estimate of drug-likeness (QED) is 0.683. The average molecular weight is 303 g/mol. The van der Waals surface area contributed by atoms with Crippen molar-refractivity contribution in [1.82, 2.24) is 4.98 Å². The number of nitrogens with two attached hydrogens (primary N) is 1. The lowest BCUT2D eigenvalue weighted by Gasteiger charge is -2.05. The molecule has 2 unspecified atom stereocenters. The lowest BCUT2D eigenvalue weighted by Crippen LogP contribution is -2.01. The first-order chi connectivity index (χ1) is 9.70. The van der Waals surface area contributed by atoms with Crippen molar-refractivity contribution >= 4 is 18.4 Å². The van der Waals surface area contributed by atoms with E-state index in [1.54, 1.807) is 0 Å². The van der Waals surface area contributed by atoms with Gasteiger partial charge in [-0.3, -0.25) is 9.78 Å². The Kier molecular flexibility index (Phi) is 3.43. The highest BCUT2D eigenvalue weighted by Gasteiger charge is 2.34. The minimum Gasteiger partial charge on any atom is -0.426 e. The fourth-order valence-electron chi connectivity index (χ4n) is 2.66. The summed E-state index contributed by atoms with van der Waals surface area (Å²) in [5, 5.41) is 0. The Morgan fingerprint density at radius 2 is 2.05 bits per heavy atom. The van der Waals surface area contributed by atoms with Crippen molar-refractivity contribution in [2.45, 2.75) is 24.8 Å². The Morgan fingerprint density at radius 1 is 1.24 bits per heavy atom. The minimum atomic E-state index is -0.192. The van der Waals surface area contributed by atoms with E-state index >= 15 is 0 Å². The maximum absolute atomic E-state index is 11.3. The molecule has 0 spiro atoms. The molecular formula is C16H15ClN2O2. The molecule has 1 aromatic carbocycles. The van der Waals surface area contributed by atoms with Crippen LogP contribution >= 0.6 is 12.4 Å². The molecule has 2 heterocycles. The van der Waals surface area contributed by atoms with Crippen LogP contribution in [0.15, 0.2) is 36.5 Å². The Bertz CT molecular complexity index is 700. The Morgan fingerprint density at radius 3 is 2.71 bits per heavy atom. The highest BCUT2D eigenvalue weighted by molar-refractivity contribution is 5.85. The number of hydrogen-bond acceptors (Lipinski definition) is 4. The van der Waals surface area contributed by atoms with Crippen LogP contribution in [0.2, 0.25) is 0 Å². The van der Waals surface area contributed by atoms with Gasteiger partial charge >= 0.3 is 5.97 Å². The van der Waals surface area contributed by atoms with Gasteiger partial charge in [-0.2, -0.15) is 0 Å². The summed E-state index contributed by atoms with van der Waals surface area (Å²) in [7, 11) is 0. The number of halogens is 1. The second-order valence-corrected chi connectivity index (χ2v) is 5.46. The molecule has 4 rings (SSSR count). The topological polar surface area (TPSA) is 65.2 Å². The molecule has 0 amide bonds. The molecule has 0 radical (unpaired) electrons. The van der Waals surface area contributed by atoms with E-state index in [2.05, 4.69) is 11.1 Å². The maximum atomic E-state index is 11.3. The molecule has 2 N–H and O–H groups in total. The van der Waals surface area contributed by atoms with E-state index in [4.69, 9.17) is 10.5 Å². The summed E-state index contributed by atoms with van der Waals surface area (Å²) in [5.74, 6) is 0.934. The van der Waals surface area contributed by atoms with Crippen LogP contribution in [0.25, 0.3) is 11.3 Å². The van der Waals surface area contributed by atoms with Crippen molar-refractivity contribution in [3.05, 3.63) is 47.7 Å². The van der Waals surface area contributed by atoms with Gasteiger partial charge in [0.05, 0.1) is 12.1 Å². The van der Waals surface area contributed by atoms with Crippen molar-refractivity contribution in [3.63, 3.8) is 0 Å². The highest BCUT2D eigenvalue weighted by atomic mass is 35.5. The fraction of sp³-hybridized carbons (Fsp3) is 0.250. The first kappa shape index (κ1) is 14.0. The van der Waals surface area contributed by atoms with E-state index in [1.165, 1.54) is 5.56 Å². The van der Waals surface area contributed by atoms with Crippen molar-refractivity contribution in [2.24, 2.45) is 5.73 Å². The number of esters is 1. The van der Waals surface area contributed by atoms with Gasteiger partial charge in [0, 0.05) is 29.3 Å². The number of rotatable bonds is 2. The fourth-order valence-corrected chi connectivity index (χ4v) is 2.66. The molecule has 1 aromatic heterocycles. The Hall–Kier alpha value is -1.91. The summed E-state index contributed by atoms with van der Waals surface area (Å²) < 4.78 is 5.17. The standard InChI is InChI=1S/C16H14N2O2.ClH/c17-13-7-12(13)11-3-4-14(18-8-11)9-1-2-10-6-16(19)20-15(10)5-9;/h1-5,8,12-13H,6-7,17H2;1H. The predicted molar refractivity (Wildman–Crippen MR) is 81.6 cm³/mol. The molecule has 4 nitrogen and oxygen atoms in total. The van der Waals surface area contributed by atoms with E-state index in [0.717, 1.165) is 23.2 Å². The number of carbonyl (C=O) groups is 1. The number of pyridine rings is 1. The molecule has 2 aromatic rings. The van der Waals surface area contributed by atoms with E-state index in [-0.39, 0.29) is 18.4 Å². The smallest absolute Gasteiger partial charge is 0.315 e. The summed E-state index contributed by atoms with van der Waals surface area (Å²) in [6.45, 7) is 0. The van der Waals surface area contributed by atoms with Crippen LogP contribution in [-0.2, 0) is 11.2 Å². The summed E-state index contributed by atoms with van der Waals surface area (Å²) >= 11 is 0. The normalized spacial score (nSPS) is 22.2. The first-order valence-electron chi connectivity index (χ1n) is 6.76. The third-order valence-electron chi connectivity index (χ3n) is 3.98. The second-order valence-electron chi connectivity index (χ2n) is 5.46. The number of hydrogen-bond donors (Lipinski definition) is 1. The van der Waals surface area contributed by atoms with Gasteiger partial charge in [-0.25, -0.2) is 0 Å². The lowest BCUT2D eigenvalue weighted by molar-refractivity contribution is -0.131. The molecule has 21 heavy (non-hydrogen) atoms. The zero-order valence-electron chi connectivity index (χ0n) is 11.3. The van der Waals surface area contributed by atoms with E-state index in [9.17, 15) is 4.79 Å². The number of benzene rings is 1. The van der Waals surface area contributed by atoms with Gasteiger partial charge in [-0.05, 0) is 24.1 Å². The summed E-state index contributed by atoms with van der Waals surface area (Å²) in [6.07, 6.45) is 3.31. The van der Waals surface area contributed by atoms with Crippen LogP contribution in [-0.4, -0.2) is 17.0 Å². The summed E-state index contributed by atoms with van der Waals surface area (Å²) in [6, 6.07) is 10.2. The van der Waals surface area contributed by atoms with Crippen LogP contribution < -0.4 is 10.5 Å². The van der Waals surface area contributed by atoms with Gasteiger partial charge in [0.25, 0.3) is 0 Å². The zero-order chi connectivity index (χ0) is 13.7. The maximum Gasteiger partial charge on any atom is 0.315 e. The van der Waals surface area contributed by atoms with Crippen molar-refractivity contribution in [1.29, 1.82) is 0 Å². The predicted octanol–water partition coefficient (Wildman–Crippen LogP) is 2.45. The molecule has 0 saturated heterocycles.